The van der Waals surface area contributed by atoms with Gasteiger partial charge in [0.2, 0.25) is 0 Å². The van der Waals surface area contributed by atoms with Crippen LogP contribution >= 0.6 is 11.8 Å². The van der Waals surface area contributed by atoms with Crippen LogP contribution in [0.4, 0.5) is 5.69 Å². The number of fused-ring (bicyclic) bond motifs is 1. The van der Waals surface area contributed by atoms with Crippen molar-refractivity contribution in [1.82, 2.24) is 0 Å². The maximum atomic E-state index is 5.64. The zero-order chi connectivity index (χ0) is 6.97. The highest BCUT2D eigenvalue weighted by atomic mass is 32.2. The fraction of sp³-hybridized carbons (Fsp3) is 0.143. The Bertz CT molecular complexity index is 226. The van der Waals surface area contributed by atoms with E-state index in [9.17, 15) is 0 Å². The molecule has 3 heteroatoms. The van der Waals surface area contributed by atoms with Gasteiger partial charge < -0.3 is 5.32 Å². The minimum absolute atomic E-state index is 0.0393. The van der Waals surface area contributed by atoms with Gasteiger partial charge in [-0.25, -0.2) is 0 Å². The lowest BCUT2D eigenvalue weighted by atomic mass is 10.1. The normalized spacial score (nSPS) is 21.8. The van der Waals surface area contributed by atoms with Crippen molar-refractivity contribution in [2.45, 2.75) is 10.2 Å². The van der Waals surface area contributed by atoms with Gasteiger partial charge in [-0.3, -0.25) is 0 Å². The van der Waals surface area contributed by atoms with E-state index >= 15 is 0 Å². The molecule has 0 bridgehead atoms. The van der Waals surface area contributed by atoms with Gasteiger partial charge in [0.25, 0.3) is 0 Å². The quantitative estimate of drug-likeness (QED) is 0.560. The second-order valence-electron chi connectivity index (χ2n) is 2.18. The van der Waals surface area contributed by atoms with Crippen molar-refractivity contribution in [2.75, 3.05) is 5.32 Å². The molecular formula is C7H6BNS. The first kappa shape index (κ1) is 6.16. The molecule has 0 saturated heterocycles. The molecule has 0 fully saturated rings. The Morgan fingerprint density at radius 2 is 2.20 bits per heavy atom. The van der Waals surface area contributed by atoms with Gasteiger partial charge in [0, 0.05) is 15.9 Å². The Morgan fingerprint density at radius 3 is 3.00 bits per heavy atom. The van der Waals surface area contributed by atoms with Crippen LogP contribution in [-0.4, -0.2) is 13.1 Å². The van der Waals surface area contributed by atoms with Crippen LogP contribution < -0.4 is 5.32 Å². The Hall–Kier alpha value is -0.565. The SMILES string of the molecule is [B]C1Nc2ccccc2S1. The summed E-state index contributed by atoms with van der Waals surface area (Å²) < 4.78 is 0. The van der Waals surface area contributed by atoms with Crippen molar-refractivity contribution in [2.24, 2.45) is 0 Å². The van der Waals surface area contributed by atoms with Crippen molar-refractivity contribution in [3.05, 3.63) is 24.3 Å². The molecule has 1 aliphatic heterocycles. The molecule has 2 rings (SSSR count). The third-order valence-corrected chi connectivity index (χ3v) is 2.42. The lowest BCUT2D eigenvalue weighted by Crippen LogP contribution is -2.07. The molecule has 1 aromatic carbocycles. The minimum atomic E-state index is 0.0393. The molecule has 48 valence electrons. The van der Waals surface area contributed by atoms with Gasteiger partial charge in [0.1, 0.15) is 7.85 Å². The monoisotopic (exact) mass is 147 g/mol. The van der Waals surface area contributed by atoms with E-state index in [-0.39, 0.29) is 5.27 Å². The molecule has 1 heterocycles. The Balaban J connectivity index is 2.42. The number of anilines is 1. The maximum Gasteiger partial charge on any atom is 0.114 e. The van der Waals surface area contributed by atoms with E-state index in [4.69, 9.17) is 7.85 Å². The summed E-state index contributed by atoms with van der Waals surface area (Å²) in [6.07, 6.45) is 0. The Morgan fingerprint density at radius 1 is 1.40 bits per heavy atom. The second kappa shape index (κ2) is 2.24. The summed E-state index contributed by atoms with van der Waals surface area (Å²) in [5, 5.41) is 3.18. The number of nitrogens with one attached hydrogen (secondary N) is 1. The molecule has 1 unspecified atom stereocenters. The summed E-state index contributed by atoms with van der Waals surface area (Å²) in [7, 11) is 5.64. The van der Waals surface area contributed by atoms with Crippen LogP contribution in [0.3, 0.4) is 0 Å². The third kappa shape index (κ3) is 0.906. The van der Waals surface area contributed by atoms with Gasteiger partial charge in [-0.1, -0.05) is 12.1 Å². The largest absolute Gasteiger partial charge is 0.381 e. The zero-order valence-corrected chi connectivity index (χ0v) is 6.19. The molecule has 1 atom stereocenters. The first-order valence-corrected chi connectivity index (χ1v) is 4.02. The minimum Gasteiger partial charge on any atom is -0.381 e. The number of para-hydroxylation sites is 1. The summed E-state index contributed by atoms with van der Waals surface area (Å²) in [4.78, 5) is 1.25. The smallest absolute Gasteiger partial charge is 0.114 e. The number of rotatable bonds is 0. The van der Waals surface area contributed by atoms with E-state index in [1.54, 1.807) is 11.8 Å². The van der Waals surface area contributed by atoms with Crippen LogP contribution in [0.5, 0.6) is 0 Å². The summed E-state index contributed by atoms with van der Waals surface area (Å²) in [6, 6.07) is 8.13. The van der Waals surface area contributed by atoms with Gasteiger partial charge in [0.15, 0.2) is 0 Å². The highest BCUT2D eigenvalue weighted by molar-refractivity contribution is 8.01. The predicted molar refractivity (Wildman–Crippen MR) is 45.5 cm³/mol. The molecule has 0 amide bonds. The molecule has 0 aliphatic carbocycles. The van der Waals surface area contributed by atoms with Crippen molar-refractivity contribution >= 4 is 25.3 Å². The first-order valence-electron chi connectivity index (χ1n) is 3.14. The molecule has 0 aromatic heterocycles. The molecule has 2 radical (unpaired) electrons. The Kier molecular flexibility index (Phi) is 1.38. The molecule has 1 nitrogen and oxygen atoms in total. The first-order chi connectivity index (χ1) is 4.86. The average Bonchev–Trinajstić information content (AvgIpc) is 2.27. The topological polar surface area (TPSA) is 12.0 Å². The van der Waals surface area contributed by atoms with Crippen molar-refractivity contribution in [1.29, 1.82) is 0 Å². The van der Waals surface area contributed by atoms with E-state index < -0.39 is 0 Å². The molecular weight excluding hydrogens is 141 g/mol. The van der Waals surface area contributed by atoms with Gasteiger partial charge in [-0.05, 0) is 12.1 Å². The van der Waals surface area contributed by atoms with Crippen LogP contribution in [0.1, 0.15) is 0 Å². The Labute approximate surface area is 65.6 Å². The van der Waals surface area contributed by atoms with E-state index in [0.717, 1.165) is 5.69 Å². The van der Waals surface area contributed by atoms with Crippen LogP contribution in [-0.2, 0) is 0 Å². The number of benzene rings is 1. The summed E-state index contributed by atoms with van der Waals surface area (Å²) >= 11 is 1.66. The van der Waals surface area contributed by atoms with Gasteiger partial charge >= 0.3 is 0 Å². The van der Waals surface area contributed by atoms with Crippen LogP contribution in [0.15, 0.2) is 29.2 Å². The van der Waals surface area contributed by atoms with Gasteiger partial charge in [-0.15, -0.1) is 11.8 Å². The van der Waals surface area contributed by atoms with Crippen molar-refractivity contribution < 1.29 is 0 Å². The highest BCUT2D eigenvalue weighted by Crippen LogP contribution is 2.36. The number of hydrogen-bond acceptors (Lipinski definition) is 2. The van der Waals surface area contributed by atoms with Crippen molar-refractivity contribution in [3.8, 4) is 0 Å². The third-order valence-electron chi connectivity index (χ3n) is 1.44. The highest BCUT2D eigenvalue weighted by Gasteiger charge is 2.14. The molecule has 1 aliphatic rings. The lowest BCUT2D eigenvalue weighted by molar-refractivity contribution is 1.38. The molecule has 0 saturated carbocycles. The standard InChI is InChI=1S/C7H6BNS/c8-7-9-5-3-1-2-4-6(5)10-7/h1-4,7,9H. The summed E-state index contributed by atoms with van der Waals surface area (Å²) in [5.74, 6) is 0. The fourth-order valence-electron chi connectivity index (χ4n) is 1.01. The van der Waals surface area contributed by atoms with Crippen LogP contribution in [0, 0.1) is 0 Å². The molecule has 10 heavy (non-hydrogen) atoms. The number of thioether (sulfide) groups is 1. The van der Waals surface area contributed by atoms with Crippen LogP contribution in [0.2, 0.25) is 0 Å². The predicted octanol–water partition coefficient (Wildman–Crippen LogP) is 1.66. The number of hydrogen-bond donors (Lipinski definition) is 1. The molecule has 1 aromatic rings. The molecule has 0 spiro atoms. The van der Waals surface area contributed by atoms with E-state index in [0.29, 0.717) is 0 Å². The van der Waals surface area contributed by atoms with E-state index in [1.807, 2.05) is 18.2 Å². The van der Waals surface area contributed by atoms with Crippen molar-refractivity contribution in [3.63, 3.8) is 0 Å². The molecule has 1 N–H and O–H groups in total. The van der Waals surface area contributed by atoms with Crippen LogP contribution in [0.25, 0.3) is 0 Å². The van der Waals surface area contributed by atoms with E-state index in [2.05, 4.69) is 11.4 Å². The summed E-state index contributed by atoms with van der Waals surface area (Å²) in [6.45, 7) is 0. The average molecular weight is 147 g/mol. The maximum absolute atomic E-state index is 5.64. The van der Waals surface area contributed by atoms with E-state index in [1.165, 1.54) is 4.90 Å². The van der Waals surface area contributed by atoms with Gasteiger partial charge in [0.05, 0.1) is 0 Å². The zero-order valence-electron chi connectivity index (χ0n) is 5.37. The van der Waals surface area contributed by atoms with Gasteiger partial charge in [-0.2, -0.15) is 0 Å². The summed E-state index contributed by atoms with van der Waals surface area (Å²) in [5.41, 5.74) is 1.15. The second-order valence-corrected chi connectivity index (χ2v) is 3.36. The fourth-order valence-corrected chi connectivity index (χ4v) is 1.88. The lowest BCUT2D eigenvalue weighted by Gasteiger charge is -1.99.